The van der Waals surface area contributed by atoms with Crippen LogP contribution >= 0.6 is 11.6 Å². The van der Waals surface area contributed by atoms with E-state index in [9.17, 15) is 0 Å². The maximum Gasteiger partial charge on any atom is 0.0975 e. The molecule has 1 aromatic rings. The van der Waals surface area contributed by atoms with Crippen molar-refractivity contribution in [1.82, 2.24) is 5.32 Å². The molecule has 0 saturated carbocycles. The molecule has 1 heterocycles. The summed E-state index contributed by atoms with van der Waals surface area (Å²) in [5, 5.41) is 4.32. The summed E-state index contributed by atoms with van der Waals surface area (Å²) in [6, 6.07) is 8.77. The van der Waals surface area contributed by atoms with E-state index in [1.165, 1.54) is 5.56 Å². The van der Waals surface area contributed by atoms with Gasteiger partial charge in [-0.25, -0.2) is 0 Å². The Hall–Kier alpha value is -0.570. The number of hydrogen-bond acceptors (Lipinski definition) is 2. The van der Waals surface area contributed by atoms with E-state index in [4.69, 9.17) is 16.3 Å². The lowest BCUT2D eigenvalue weighted by Crippen LogP contribution is -2.36. The van der Waals surface area contributed by atoms with Crippen molar-refractivity contribution >= 4 is 11.6 Å². The molecule has 0 aliphatic carbocycles. The van der Waals surface area contributed by atoms with E-state index in [1.807, 2.05) is 24.3 Å². The molecule has 1 aromatic carbocycles. The highest BCUT2D eigenvalue weighted by Gasteiger charge is 2.24. The van der Waals surface area contributed by atoms with Gasteiger partial charge < -0.3 is 10.1 Å². The summed E-state index contributed by atoms with van der Waals surface area (Å²) >= 11 is 5.89. The van der Waals surface area contributed by atoms with Crippen LogP contribution in [-0.2, 0) is 4.74 Å². The maximum absolute atomic E-state index is 5.91. The van der Waals surface area contributed by atoms with Crippen molar-refractivity contribution in [1.29, 1.82) is 0 Å². The Balaban J connectivity index is 2.15. The van der Waals surface area contributed by atoms with Crippen LogP contribution in [0, 0.1) is 0 Å². The lowest BCUT2D eigenvalue weighted by atomic mass is 10.0. The third-order valence-corrected chi connectivity index (χ3v) is 3.30. The molecule has 16 heavy (non-hydrogen) atoms. The van der Waals surface area contributed by atoms with E-state index in [0.717, 1.165) is 18.1 Å². The average molecular weight is 240 g/mol. The van der Waals surface area contributed by atoms with Crippen molar-refractivity contribution in [3.05, 3.63) is 34.9 Å². The first-order chi connectivity index (χ1) is 7.66. The van der Waals surface area contributed by atoms with Gasteiger partial charge in [-0.2, -0.15) is 0 Å². The lowest BCUT2D eigenvalue weighted by molar-refractivity contribution is 0.0461. The Bertz CT molecular complexity index is 338. The molecule has 1 N–H and O–H groups in total. The molecular weight excluding hydrogens is 222 g/mol. The first-order valence-electron chi connectivity index (χ1n) is 5.80. The SMILES string of the molecule is CC1CCOC(c2ccc(Cl)cc2)C(C)N1. The van der Waals surface area contributed by atoms with Gasteiger partial charge in [0.05, 0.1) is 6.10 Å². The molecule has 0 aromatic heterocycles. The van der Waals surface area contributed by atoms with Gasteiger partial charge >= 0.3 is 0 Å². The quantitative estimate of drug-likeness (QED) is 0.813. The van der Waals surface area contributed by atoms with Crippen LogP contribution in [0.4, 0.5) is 0 Å². The van der Waals surface area contributed by atoms with Gasteiger partial charge in [-0.05, 0) is 38.0 Å². The average Bonchev–Trinajstić information content (AvgIpc) is 2.41. The van der Waals surface area contributed by atoms with Crippen molar-refractivity contribution < 1.29 is 4.74 Å². The van der Waals surface area contributed by atoms with Crippen molar-refractivity contribution in [2.24, 2.45) is 0 Å². The van der Waals surface area contributed by atoms with Gasteiger partial charge in [0.1, 0.15) is 0 Å². The summed E-state index contributed by atoms with van der Waals surface area (Å²) in [5.41, 5.74) is 1.19. The number of benzene rings is 1. The Labute approximate surface area is 102 Å². The van der Waals surface area contributed by atoms with Gasteiger partial charge in [0.2, 0.25) is 0 Å². The van der Waals surface area contributed by atoms with Crippen LogP contribution in [0.3, 0.4) is 0 Å². The van der Waals surface area contributed by atoms with Crippen molar-refractivity contribution in [2.45, 2.75) is 38.5 Å². The van der Waals surface area contributed by atoms with Crippen LogP contribution in [0.25, 0.3) is 0 Å². The third-order valence-electron chi connectivity index (χ3n) is 3.05. The lowest BCUT2D eigenvalue weighted by Gasteiger charge is -2.23. The van der Waals surface area contributed by atoms with Crippen LogP contribution in [0.15, 0.2) is 24.3 Å². The van der Waals surface area contributed by atoms with E-state index in [2.05, 4.69) is 19.2 Å². The fraction of sp³-hybridized carbons (Fsp3) is 0.538. The van der Waals surface area contributed by atoms with Crippen LogP contribution in [-0.4, -0.2) is 18.7 Å². The van der Waals surface area contributed by atoms with E-state index >= 15 is 0 Å². The minimum Gasteiger partial charge on any atom is -0.372 e. The molecule has 88 valence electrons. The minimum atomic E-state index is 0.127. The maximum atomic E-state index is 5.91. The summed E-state index contributed by atoms with van der Waals surface area (Å²) in [5.74, 6) is 0. The molecule has 3 heteroatoms. The number of nitrogens with one attached hydrogen (secondary N) is 1. The first kappa shape index (κ1) is 11.9. The van der Waals surface area contributed by atoms with Crippen molar-refractivity contribution in [3.63, 3.8) is 0 Å². The molecule has 0 amide bonds. The van der Waals surface area contributed by atoms with Crippen molar-refractivity contribution in [3.8, 4) is 0 Å². The molecule has 2 nitrogen and oxygen atoms in total. The smallest absolute Gasteiger partial charge is 0.0975 e. The number of ether oxygens (including phenoxy) is 1. The summed E-state index contributed by atoms with van der Waals surface area (Å²) in [6.07, 6.45) is 1.19. The Kier molecular flexibility index (Phi) is 3.85. The Morgan fingerprint density at radius 2 is 1.94 bits per heavy atom. The molecule has 1 fully saturated rings. The zero-order valence-electron chi connectivity index (χ0n) is 9.74. The second kappa shape index (κ2) is 5.17. The molecular formula is C13H18ClNO. The zero-order chi connectivity index (χ0) is 11.5. The van der Waals surface area contributed by atoms with Gasteiger partial charge in [-0.1, -0.05) is 23.7 Å². The normalized spacial score (nSPS) is 31.1. The molecule has 0 radical (unpaired) electrons. The molecule has 1 aliphatic rings. The monoisotopic (exact) mass is 239 g/mol. The summed E-state index contributed by atoms with van der Waals surface area (Å²) in [6.45, 7) is 5.18. The zero-order valence-corrected chi connectivity index (χ0v) is 10.5. The largest absolute Gasteiger partial charge is 0.372 e. The topological polar surface area (TPSA) is 21.3 Å². The molecule has 2 rings (SSSR count). The van der Waals surface area contributed by atoms with Gasteiger partial charge in [-0.3, -0.25) is 0 Å². The van der Waals surface area contributed by atoms with Crippen LogP contribution < -0.4 is 5.32 Å². The second-order valence-corrected chi connectivity index (χ2v) is 4.92. The standard InChI is InChI=1S/C13H18ClNO/c1-9-7-8-16-13(10(2)15-9)11-3-5-12(14)6-4-11/h3-6,9-10,13,15H,7-8H2,1-2H3. The first-order valence-corrected chi connectivity index (χ1v) is 6.17. The van der Waals surface area contributed by atoms with E-state index in [0.29, 0.717) is 12.1 Å². The number of halogens is 1. The molecule has 1 aliphatic heterocycles. The summed E-state index contributed by atoms with van der Waals surface area (Å²) in [7, 11) is 0. The van der Waals surface area contributed by atoms with Gasteiger partial charge in [0, 0.05) is 23.7 Å². The van der Waals surface area contributed by atoms with E-state index in [1.54, 1.807) is 0 Å². The van der Waals surface area contributed by atoms with Crippen molar-refractivity contribution in [2.75, 3.05) is 6.61 Å². The predicted octanol–water partition coefficient (Wildman–Crippen LogP) is 3.17. The molecule has 3 atom stereocenters. The highest BCUT2D eigenvalue weighted by atomic mass is 35.5. The molecule has 0 bridgehead atoms. The van der Waals surface area contributed by atoms with E-state index in [-0.39, 0.29) is 6.10 Å². The van der Waals surface area contributed by atoms with Gasteiger partial charge in [0.25, 0.3) is 0 Å². The van der Waals surface area contributed by atoms with Gasteiger partial charge in [-0.15, -0.1) is 0 Å². The highest BCUT2D eigenvalue weighted by molar-refractivity contribution is 6.30. The minimum absolute atomic E-state index is 0.127. The van der Waals surface area contributed by atoms with Crippen LogP contribution in [0.2, 0.25) is 5.02 Å². The fourth-order valence-corrected chi connectivity index (χ4v) is 2.30. The third kappa shape index (κ3) is 2.76. The Morgan fingerprint density at radius 3 is 2.62 bits per heavy atom. The number of hydrogen-bond donors (Lipinski definition) is 1. The number of rotatable bonds is 1. The predicted molar refractivity (Wildman–Crippen MR) is 66.8 cm³/mol. The van der Waals surface area contributed by atoms with Crippen LogP contribution in [0.5, 0.6) is 0 Å². The summed E-state index contributed by atoms with van der Waals surface area (Å²) in [4.78, 5) is 0. The Morgan fingerprint density at radius 1 is 1.25 bits per heavy atom. The van der Waals surface area contributed by atoms with Gasteiger partial charge in [0.15, 0.2) is 0 Å². The molecule has 1 saturated heterocycles. The molecule has 3 unspecified atom stereocenters. The summed E-state index contributed by atoms with van der Waals surface area (Å²) < 4.78 is 5.91. The van der Waals surface area contributed by atoms with Crippen LogP contribution in [0.1, 0.15) is 31.9 Å². The second-order valence-electron chi connectivity index (χ2n) is 4.49. The fourth-order valence-electron chi connectivity index (χ4n) is 2.17. The molecule has 0 spiro atoms. The highest BCUT2D eigenvalue weighted by Crippen LogP contribution is 2.25. The van der Waals surface area contributed by atoms with E-state index < -0.39 is 0 Å².